The first-order valence-corrected chi connectivity index (χ1v) is 10.00. The normalized spacial score (nSPS) is 16.6. The maximum atomic E-state index is 13.6. The summed E-state index contributed by atoms with van der Waals surface area (Å²) < 4.78 is 18.7. The van der Waals surface area contributed by atoms with Gasteiger partial charge in [-0.05, 0) is 55.7 Å². The number of phenols is 1. The zero-order chi connectivity index (χ0) is 20.6. The van der Waals surface area contributed by atoms with Gasteiger partial charge in [-0.1, -0.05) is 12.1 Å². The highest BCUT2D eigenvalue weighted by Crippen LogP contribution is 2.26. The van der Waals surface area contributed by atoms with E-state index in [1.165, 1.54) is 13.2 Å². The van der Waals surface area contributed by atoms with Crippen LogP contribution in [0.3, 0.4) is 0 Å². The molecule has 1 aliphatic rings. The van der Waals surface area contributed by atoms with Crippen molar-refractivity contribution in [1.82, 2.24) is 10.6 Å². The van der Waals surface area contributed by atoms with Crippen LogP contribution in [-0.2, 0) is 6.54 Å². The Morgan fingerprint density at radius 2 is 2.13 bits per heavy atom. The SMILES string of the molecule is CCNC(=NCc1ccc(OC)c(O)c1)NC1CCCN(c2cccc(F)c2)C1.I. The predicted octanol–water partition coefficient (Wildman–Crippen LogP) is 3.88. The average Bonchev–Trinajstić information content (AvgIpc) is 2.72. The number of guanidine groups is 1. The molecule has 0 bridgehead atoms. The summed E-state index contributed by atoms with van der Waals surface area (Å²) in [6.45, 7) is 4.92. The summed E-state index contributed by atoms with van der Waals surface area (Å²) in [4.78, 5) is 6.85. The largest absolute Gasteiger partial charge is 0.504 e. The van der Waals surface area contributed by atoms with Crippen molar-refractivity contribution in [2.75, 3.05) is 31.6 Å². The van der Waals surface area contributed by atoms with Crippen molar-refractivity contribution < 1.29 is 14.2 Å². The van der Waals surface area contributed by atoms with Crippen molar-refractivity contribution >= 4 is 35.6 Å². The molecule has 1 atom stereocenters. The van der Waals surface area contributed by atoms with Gasteiger partial charge in [0.25, 0.3) is 0 Å². The molecule has 1 unspecified atom stereocenters. The van der Waals surface area contributed by atoms with Crippen LogP contribution in [0.2, 0.25) is 0 Å². The summed E-state index contributed by atoms with van der Waals surface area (Å²) in [7, 11) is 1.53. The van der Waals surface area contributed by atoms with E-state index < -0.39 is 0 Å². The third-order valence-electron chi connectivity index (χ3n) is 4.94. The number of nitrogens with zero attached hydrogens (tertiary/aromatic N) is 2. The smallest absolute Gasteiger partial charge is 0.191 e. The van der Waals surface area contributed by atoms with Crippen LogP contribution >= 0.6 is 24.0 Å². The summed E-state index contributed by atoms with van der Waals surface area (Å²) in [6, 6.07) is 12.2. The van der Waals surface area contributed by atoms with Gasteiger partial charge in [0.2, 0.25) is 0 Å². The molecular formula is C22H30FIN4O2. The maximum Gasteiger partial charge on any atom is 0.191 e. The van der Waals surface area contributed by atoms with Gasteiger partial charge >= 0.3 is 0 Å². The Morgan fingerprint density at radius 1 is 1.30 bits per heavy atom. The lowest BCUT2D eigenvalue weighted by Crippen LogP contribution is -2.51. The molecular weight excluding hydrogens is 498 g/mol. The van der Waals surface area contributed by atoms with Crippen LogP contribution in [0.15, 0.2) is 47.5 Å². The summed E-state index contributed by atoms with van der Waals surface area (Å²) in [5.41, 5.74) is 1.80. The van der Waals surface area contributed by atoms with Crippen LogP contribution in [0.25, 0.3) is 0 Å². The van der Waals surface area contributed by atoms with E-state index in [0.717, 1.165) is 49.7 Å². The lowest BCUT2D eigenvalue weighted by atomic mass is 10.0. The highest BCUT2D eigenvalue weighted by Gasteiger charge is 2.21. The quantitative estimate of drug-likeness (QED) is 0.302. The van der Waals surface area contributed by atoms with Crippen LogP contribution in [0, 0.1) is 5.82 Å². The molecule has 6 nitrogen and oxygen atoms in total. The van der Waals surface area contributed by atoms with Gasteiger partial charge in [-0.15, -0.1) is 24.0 Å². The molecule has 164 valence electrons. The monoisotopic (exact) mass is 528 g/mol. The van der Waals surface area contributed by atoms with Gasteiger partial charge in [0, 0.05) is 31.4 Å². The number of nitrogens with one attached hydrogen (secondary N) is 2. The molecule has 3 N–H and O–H groups in total. The summed E-state index contributed by atoms with van der Waals surface area (Å²) >= 11 is 0. The number of aromatic hydroxyl groups is 1. The number of methoxy groups -OCH3 is 1. The second kappa shape index (κ2) is 11.8. The van der Waals surface area contributed by atoms with E-state index in [4.69, 9.17) is 4.74 Å². The summed E-state index contributed by atoms with van der Waals surface area (Å²) in [5, 5.41) is 16.7. The zero-order valence-electron chi connectivity index (χ0n) is 17.4. The standard InChI is InChI=1S/C22H29FN4O2.HI/c1-3-24-22(25-14-16-9-10-21(29-2)20(28)12-16)26-18-7-5-11-27(15-18)19-8-4-6-17(23)13-19;/h4,6,8-10,12-13,18,28H,3,5,7,11,14-15H2,1-2H3,(H2,24,25,26);1H. The fraction of sp³-hybridized carbons (Fsp3) is 0.409. The molecule has 30 heavy (non-hydrogen) atoms. The molecule has 1 saturated heterocycles. The Balaban J connectivity index is 0.00000320. The van der Waals surface area contributed by atoms with Gasteiger partial charge < -0.3 is 25.4 Å². The molecule has 8 heteroatoms. The highest BCUT2D eigenvalue weighted by molar-refractivity contribution is 14.0. The van der Waals surface area contributed by atoms with E-state index in [-0.39, 0.29) is 41.6 Å². The van der Waals surface area contributed by atoms with E-state index in [2.05, 4.69) is 20.5 Å². The molecule has 0 radical (unpaired) electrons. The molecule has 0 amide bonds. The Morgan fingerprint density at radius 3 is 2.83 bits per heavy atom. The first kappa shape index (κ1) is 24.0. The molecule has 1 aliphatic heterocycles. The minimum Gasteiger partial charge on any atom is -0.504 e. The third kappa shape index (κ3) is 6.65. The van der Waals surface area contributed by atoms with Crippen molar-refractivity contribution in [1.29, 1.82) is 0 Å². The van der Waals surface area contributed by atoms with Gasteiger partial charge in [-0.25, -0.2) is 9.38 Å². The van der Waals surface area contributed by atoms with E-state index in [1.807, 2.05) is 19.1 Å². The summed E-state index contributed by atoms with van der Waals surface area (Å²) in [6.07, 6.45) is 2.06. The van der Waals surface area contributed by atoms with Gasteiger partial charge in [-0.2, -0.15) is 0 Å². The molecule has 1 fully saturated rings. The van der Waals surface area contributed by atoms with Crippen LogP contribution < -0.4 is 20.3 Å². The number of hydrogen-bond acceptors (Lipinski definition) is 4. The number of halogens is 2. The third-order valence-corrected chi connectivity index (χ3v) is 4.94. The predicted molar refractivity (Wildman–Crippen MR) is 130 cm³/mol. The Kier molecular flexibility index (Phi) is 9.48. The number of aliphatic imine (C=N–C) groups is 1. The van der Waals surface area contributed by atoms with E-state index >= 15 is 0 Å². The van der Waals surface area contributed by atoms with Crippen molar-refractivity contribution in [3.63, 3.8) is 0 Å². The number of ether oxygens (including phenoxy) is 1. The Hall–Kier alpha value is -2.23. The van der Waals surface area contributed by atoms with Crippen molar-refractivity contribution in [2.24, 2.45) is 4.99 Å². The van der Waals surface area contributed by atoms with Gasteiger partial charge in [0.05, 0.1) is 13.7 Å². The maximum absolute atomic E-state index is 13.6. The zero-order valence-corrected chi connectivity index (χ0v) is 19.7. The topological polar surface area (TPSA) is 69.1 Å². The average molecular weight is 528 g/mol. The first-order chi connectivity index (χ1) is 14.1. The molecule has 0 spiro atoms. The molecule has 0 saturated carbocycles. The van der Waals surface area contributed by atoms with Gasteiger partial charge in [0.1, 0.15) is 5.82 Å². The number of hydrogen-bond donors (Lipinski definition) is 3. The summed E-state index contributed by atoms with van der Waals surface area (Å²) in [5.74, 6) is 1.07. The molecule has 3 rings (SSSR count). The molecule has 0 aliphatic carbocycles. The van der Waals surface area contributed by atoms with Crippen molar-refractivity contribution in [3.8, 4) is 11.5 Å². The number of anilines is 1. The van der Waals surface area contributed by atoms with Gasteiger partial charge in [0.15, 0.2) is 17.5 Å². The van der Waals surface area contributed by atoms with Crippen LogP contribution in [0.1, 0.15) is 25.3 Å². The van der Waals surface area contributed by atoms with E-state index in [1.54, 1.807) is 24.3 Å². The number of benzene rings is 2. The molecule has 1 heterocycles. The van der Waals surface area contributed by atoms with Crippen LogP contribution in [0.5, 0.6) is 11.5 Å². The van der Waals surface area contributed by atoms with Crippen molar-refractivity contribution in [3.05, 3.63) is 53.8 Å². The second-order valence-corrected chi connectivity index (χ2v) is 7.11. The molecule has 0 aromatic heterocycles. The number of rotatable bonds is 6. The fourth-order valence-corrected chi connectivity index (χ4v) is 3.52. The fourth-order valence-electron chi connectivity index (χ4n) is 3.52. The lowest BCUT2D eigenvalue weighted by molar-refractivity contribution is 0.373. The second-order valence-electron chi connectivity index (χ2n) is 7.11. The van der Waals surface area contributed by atoms with Crippen molar-refractivity contribution in [2.45, 2.75) is 32.4 Å². The Labute approximate surface area is 194 Å². The van der Waals surface area contributed by atoms with Gasteiger partial charge in [-0.3, -0.25) is 0 Å². The Bertz CT molecular complexity index is 850. The molecule has 2 aromatic rings. The minimum atomic E-state index is -0.213. The number of phenolic OH excluding ortho intramolecular Hbond substituents is 1. The number of piperidine rings is 1. The van der Waals surface area contributed by atoms with Crippen LogP contribution in [-0.4, -0.2) is 43.9 Å². The van der Waals surface area contributed by atoms with E-state index in [9.17, 15) is 9.50 Å². The first-order valence-electron chi connectivity index (χ1n) is 10.00. The van der Waals surface area contributed by atoms with E-state index in [0.29, 0.717) is 12.3 Å². The highest BCUT2D eigenvalue weighted by atomic mass is 127. The van der Waals surface area contributed by atoms with Crippen LogP contribution in [0.4, 0.5) is 10.1 Å². The molecule has 2 aromatic carbocycles. The lowest BCUT2D eigenvalue weighted by Gasteiger charge is -2.35. The minimum absolute atomic E-state index is 0.